The topological polar surface area (TPSA) is 91.0 Å². The molecule has 0 radical (unpaired) electrons. The molecule has 0 aromatic heterocycles. The van der Waals surface area contributed by atoms with Crippen molar-refractivity contribution < 1.29 is 10.0 Å². The highest BCUT2D eigenvalue weighted by molar-refractivity contribution is 6.09. The molecule has 0 saturated heterocycles. The molecule has 0 heterocycles. The van der Waals surface area contributed by atoms with Crippen LogP contribution in [0.1, 0.15) is 19.3 Å². The summed E-state index contributed by atoms with van der Waals surface area (Å²) in [5, 5.41) is 14.3. The Morgan fingerprint density at radius 1 is 1.56 bits per heavy atom. The zero-order chi connectivity index (χ0) is 12.2. The van der Waals surface area contributed by atoms with Crippen molar-refractivity contribution >= 4 is 11.7 Å². The minimum atomic E-state index is -0.729. The maximum absolute atomic E-state index is 11.8. The van der Waals surface area contributed by atoms with Crippen LogP contribution < -0.4 is 11.1 Å². The zero-order valence-electron chi connectivity index (χ0n) is 9.86. The van der Waals surface area contributed by atoms with Crippen LogP contribution in [-0.4, -0.2) is 49.0 Å². The standard InChI is InChI=1S/C10H20N4O2/c1-14(2)7-3-6-12-9(15)10(4-5-10)8(11)13-16/h16H,3-7H2,1-2H3,(H2,11,13)(H,12,15). The Labute approximate surface area is 95.5 Å². The van der Waals surface area contributed by atoms with Crippen molar-refractivity contribution in [3.8, 4) is 0 Å². The summed E-state index contributed by atoms with van der Waals surface area (Å²) in [5.74, 6) is -0.0980. The third kappa shape index (κ3) is 2.85. The number of carbonyl (C=O) groups is 1. The van der Waals surface area contributed by atoms with Crippen LogP contribution in [0, 0.1) is 5.41 Å². The Balaban J connectivity index is 2.31. The summed E-state index contributed by atoms with van der Waals surface area (Å²) in [6, 6.07) is 0. The number of oxime groups is 1. The van der Waals surface area contributed by atoms with E-state index in [0.717, 1.165) is 13.0 Å². The molecule has 1 amide bonds. The SMILES string of the molecule is CN(C)CCCNC(=O)C1(C(N)=NO)CC1. The van der Waals surface area contributed by atoms with Gasteiger partial charge in [-0.1, -0.05) is 5.16 Å². The number of nitrogens with one attached hydrogen (secondary N) is 1. The summed E-state index contributed by atoms with van der Waals surface area (Å²) in [4.78, 5) is 13.8. The number of amidine groups is 1. The van der Waals surface area contributed by atoms with Gasteiger partial charge in [0.15, 0.2) is 5.84 Å². The van der Waals surface area contributed by atoms with Gasteiger partial charge in [-0.2, -0.15) is 0 Å². The second-order valence-electron chi connectivity index (χ2n) is 4.48. The number of hydrogen-bond acceptors (Lipinski definition) is 4. The van der Waals surface area contributed by atoms with E-state index in [2.05, 4.69) is 15.4 Å². The highest BCUT2D eigenvalue weighted by Gasteiger charge is 2.53. The van der Waals surface area contributed by atoms with Crippen LogP contribution in [0.3, 0.4) is 0 Å². The minimum Gasteiger partial charge on any atom is -0.409 e. The molecule has 92 valence electrons. The van der Waals surface area contributed by atoms with Gasteiger partial charge in [-0.15, -0.1) is 0 Å². The normalized spacial score (nSPS) is 18.6. The lowest BCUT2D eigenvalue weighted by atomic mass is 10.1. The van der Waals surface area contributed by atoms with Gasteiger partial charge in [0.2, 0.25) is 5.91 Å². The minimum absolute atomic E-state index is 0.0256. The van der Waals surface area contributed by atoms with E-state index in [4.69, 9.17) is 10.9 Å². The van der Waals surface area contributed by atoms with E-state index in [1.165, 1.54) is 0 Å². The summed E-state index contributed by atoms with van der Waals surface area (Å²) >= 11 is 0. The van der Waals surface area contributed by atoms with Crippen LogP contribution in [0.4, 0.5) is 0 Å². The van der Waals surface area contributed by atoms with E-state index in [0.29, 0.717) is 19.4 Å². The summed E-state index contributed by atoms with van der Waals surface area (Å²) in [7, 11) is 3.97. The third-order valence-corrected chi connectivity index (χ3v) is 2.85. The van der Waals surface area contributed by atoms with Crippen molar-refractivity contribution in [3.05, 3.63) is 0 Å². The molecule has 1 saturated carbocycles. The summed E-state index contributed by atoms with van der Waals surface area (Å²) < 4.78 is 0. The number of nitrogens with zero attached hydrogens (tertiary/aromatic N) is 2. The molecule has 1 fully saturated rings. The van der Waals surface area contributed by atoms with Crippen LogP contribution >= 0.6 is 0 Å². The highest BCUT2D eigenvalue weighted by atomic mass is 16.4. The number of carbonyl (C=O) groups excluding carboxylic acids is 1. The predicted octanol–water partition coefficient (Wildman–Crippen LogP) is -0.419. The monoisotopic (exact) mass is 228 g/mol. The van der Waals surface area contributed by atoms with Gasteiger partial charge in [0, 0.05) is 6.54 Å². The van der Waals surface area contributed by atoms with Crippen LogP contribution in [0.15, 0.2) is 5.16 Å². The van der Waals surface area contributed by atoms with Crippen LogP contribution in [0.25, 0.3) is 0 Å². The Bertz CT molecular complexity index is 285. The molecule has 1 aliphatic rings. The second kappa shape index (κ2) is 5.16. The maximum Gasteiger partial charge on any atom is 0.233 e. The first-order chi connectivity index (χ1) is 7.53. The van der Waals surface area contributed by atoms with Crippen molar-refractivity contribution in [2.75, 3.05) is 27.2 Å². The van der Waals surface area contributed by atoms with Crippen molar-refractivity contribution in [3.63, 3.8) is 0 Å². The molecule has 0 atom stereocenters. The quantitative estimate of drug-likeness (QED) is 0.189. The molecular formula is C10H20N4O2. The Morgan fingerprint density at radius 3 is 2.62 bits per heavy atom. The van der Waals surface area contributed by atoms with Crippen LogP contribution in [0.2, 0.25) is 0 Å². The maximum atomic E-state index is 11.8. The lowest BCUT2D eigenvalue weighted by Crippen LogP contribution is -2.41. The van der Waals surface area contributed by atoms with E-state index < -0.39 is 5.41 Å². The number of hydrogen-bond donors (Lipinski definition) is 3. The zero-order valence-corrected chi connectivity index (χ0v) is 9.86. The Morgan fingerprint density at radius 2 is 2.19 bits per heavy atom. The Kier molecular flexibility index (Phi) is 4.12. The smallest absolute Gasteiger partial charge is 0.233 e. The molecule has 4 N–H and O–H groups in total. The van der Waals surface area contributed by atoms with Gasteiger partial charge in [0.05, 0.1) is 0 Å². The first kappa shape index (κ1) is 12.8. The first-order valence-electron chi connectivity index (χ1n) is 5.44. The van der Waals surface area contributed by atoms with E-state index >= 15 is 0 Å². The third-order valence-electron chi connectivity index (χ3n) is 2.85. The molecule has 1 aliphatic carbocycles. The van der Waals surface area contributed by atoms with Crippen molar-refractivity contribution in [1.29, 1.82) is 0 Å². The van der Waals surface area contributed by atoms with Crippen molar-refractivity contribution in [2.45, 2.75) is 19.3 Å². The van der Waals surface area contributed by atoms with Crippen molar-refractivity contribution in [2.24, 2.45) is 16.3 Å². The van der Waals surface area contributed by atoms with Crippen LogP contribution in [0.5, 0.6) is 0 Å². The van der Waals surface area contributed by atoms with Gasteiger partial charge in [-0.25, -0.2) is 0 Å². The molecule has 0 unspecified atom stereocenters. The number of rotatable bonds is 6. The summed E-state index contributed by atoms with van der Waals surface area (Å²) in [6.07, 6.45) is 2.23. The number of nitrogens with two attached hydrogens (primary N) is 1. The molecule has 6 nitrogen and oxygen atoms in total. The summed E-state index contributed by atoms with van der Waals surface area (Å²) in [5.41, 5.74) is 4.77. The molecular weight excluding hydrogens is 208 g/mol. The Hall–Kier alpha value is -1.30. The number of amides is 1. The van der Waals surface area contributed by atoms with Crippen molar-refractivity contribution in [1.82, 2.24) is 10.2 Å². The molecule has 0 bridgehead atoms. The van der Waals surface area contributed by atoms with Crippen LogP contribution in [-0.2, 0) is 4.79 Å². The fourth-order valence-corrected chi connectivity index (χ4v) is 1.59. The average Bonchev–Trinajstić information content (AvgIpc) is 3.03. The fraction of sp³-hybridized carbons (Fsp3) is 0.800. The lowest BCUT2D eigenvalue weighted by molar-refractivity contribution is -0.124. The lowest BCUT2D eigenvalue weighted by Gasteiger charge is -2.14. The molecule has 1 rings (SSSR count). The molecule has 0 aliphatic heterocycles. The highest BCUT2D eigenvalue weighted by Crippen LogP contribution is 2.45. The van der Waals surface area contributed by atoms with Gasteiger partial charge >= 0.3 is 0 Å². The van der Waals surface area contributed by atoms with E-state index in [-0.39, 0.29) is 11.7 Å². The molecule has 0 aromatic carbocycles. The first-order valence-corrected chi connectivity index (χ1v) is 5.44. The largest absolute Gasteiger partial charge is 0.409 e. The second-order valence-corrected chi connectivity index (χ2v) is 4.48. The van der Waals surface area contributed by atoms with Gasteiger partial charge < -0.3 is 21.2 Å². The van der Waals surface area contributed by atoms with Gasteiger partial charge in [-0.3, -0.25) is 4.79 Å². The summed E-state index contributed by atoms with van der Waals surface area (Å²) in [6.45, 7) is 1.55. The molecule has 6 heteroatoms. The molecule has 0 aromatic rings. The molecule has 16 heavy (non-hydrogen) atoms. The molecule has 0 spiro atoms. The predicted molar refractivity (Wildman–Crippen MR) is 61.3 cm³/mol. The van der Waals surface area contributed by atoms with Gasteiger partial charge in [-0.05, 0) is 39.9 Å². The van der Waals surface area contributed by atoms with E-state index in [1.54, 1.807) is 0 Å². The average molecular weight is 228 g/mol. The van der Waals surface area contributed by atoms with E-state index in [1.807, 2.05) is 14.1 Å². The van der Waals surface area contributed by atoms with Gasteiger partial charge in [0.1, 0.15) is 5.41 Å². The van der Waals surface area contributed by atoms with Gasteiger partial charge in [0.25, 0.3) is 0 Å². The fourth-order valence-electron chi connectivity index (χ4n) is 1.59. The van der Waals surface area contributed by atoms with E-state index in [9.17, 15) is 4.79 Å².